The zero-order valence-electron chi connectivity index (χ0n) is 15.4. The predicted octanol–water partition coefficient (Wildman–Crippen LogP) is 2.57. The molecule has 1 saturated heterocycles. The van der Waals surface area contributed by atoms with Crippen molar-refractivity contribution < 1.29 is 19.1 Å². The molecule has 6 heteroatoms. The van der Waals surface area contributed by atoms with Crippen molar-refractivity contribution in [2.24, 2.45) is 5.92 Å². The number of methoxy groups -OCH3 is 1. The summed E-state index contributed by atoms with van der Waals surface area (Å²) < 4.78 is 5.28. The van der Waals surface area contributed by atoms with Crippen molar-refractivity contribution >= 4 is 23.3 Å². The Hall–Kier alpha value is -3.15. The Labute approximate surface area is 158 Å². The summed E-state index contributed by atoms with van der Waals surface area (Å²) in [5, 5.41) is 2.89. The summed E-state index contributed by atoms with van der Waals surface area (Å²) in [4.78, 5) is 37.8. The van der Waals surface area contributed by atoms with Crippen LogP contribution in [0.2, 0.25) is 0 Å². The van der Waals surface area contributed by atoms with Crippen LogP contribution in [0, 0.1) is 5.92 Å². The number of nitrogens with one attached hydrogen (secondary N) is 1. The molecule has 3 rings (SSSR count). The Morgan fingerprint density at radius 1 is 1.15 bits per heavy atom. The van der Waals surface area contributed by atoms with Crippen molar-refractivity contribution in [1.29, 1.82) is 0 Å². The van der Waals surface area contributed by atoms with E-state index in [1.165, 1.54) is 6.92 Å². The van der Waals surface area contributed by atoms with Crippen LogP contribution in [0.25, 0.3) is 0 Å². The molecule has 1 heterocycles. The fourth-order valence-corrected chi connectivity index (χ4v) is 3.18. The van der Waals surface area contributed by atoms with Crippen molar-refractivity contribution in [3.63, 3.8) is 0 Å². The number of Topliss-reactive ketones (excluding diaryl/α,β-unsaturated/α-hetero) is 1. The number of nitrogens with zero attached hydrogens (tertiary/aromatic N) is 1. The lowest BCUT2D eigenvalue weighted by molar-refractivity contribution is -0.126. The smallest absolute Gasteiger partial charge is 0.227 e. The summed E-state index contributed by atoms with van der Waals surface area (Å²) in [7, 11) is 1.59. The van der Waals surface area contributed by atoms with Crippen LogP contribution < -0.4 is 15.0 Å². The quantitative estimate of drug-likeness (QED) is 0.798. The first kappa shape index (κ1) is 18.6. The van der Waals surface area contributed by atoms with Gasteiger partial charge >= 0.3 is 0 Å². The van der Waals surface area contributed by atoms with E-state index in [-0.39, 0.29) is 24.0 Å². The molecule has 0 bridgehead atoms. The number of ether oxygens (including phenoxy) is 1. The van der Waals surface area contributed by atoms with Crippen molar-refractivity contribution in [3.05, 3.63) is 59.7 Å². The van der Waals surface area contributed by atoms with E-state index in [9.17, 15) is 14.4 Å². The fourth-order valence-electron chi connectivity index (χ4n) is 3.18. The minimum atomic E-state index is -0.403. The van der Waals surface area contributed by atoms with Gasteiger partial charge in [-0.25, -0.2) is 0 Å². The Morgan fingerprint density at radius 3 is 2.52 bits per heavy atom. The zero-order valence-corrected chi connectivity index (χ0v) is 15.4. The lowest BCUT2D eigenvalue weighted by atomic mass is 10.1. The van der Waals surface area contributed by atoms with Gasteiger partial charge in [-0.3, -0.25) is 14.4 Å². The third-order valence-corrected chi connectivity index (χ3v) is 4.73. The number of hydrogen-bond donors (Lipinski definition) is 1. The monoisotopic (exact) mass is 366 g/mol. The van der Waals surface area contributed by atoms with Gasteiger partial charge in [0.25, 0.3) is 0 Å². The standard InChI is InChI=1S/C21H22N2O4/c1-14(24)15-7-9-18(10-8-15)23-13-17(11-20(23)25)21(26)22-12-16-5-3-4-6-19(16)27-2/h3-10,17H,11-13H2,1-2H3,(H,22,26). The molecule has 1 aliphatic heterocycles. The van der Waals surface area contributed by atoms with Crippen LogP contribution in [0.4, 0.5) is 5.69 Å². The van der Waals surface area contributed by atoms with Gasteiger partial charge in [-0.2, -0.15) is 0 Å². The number of benzene rings is 2. The van der Waals surface area contributed by atoms with Crippen LogP contribution in [0.5, 0.6) is 5.75 Å². The Bertz CT molecular complexity index is 861. The third-order valence-electron chi connectivity index (χ3n) is 4.73. The molecule has 0 saturated carbocycles. The van der Waals surface area contributed by atoms with Crippen LogP contribution in [0.3, 0.4) is 0 Å². The number of amides is 2. The molecule has 1 fully saturated rings. The molecule has 1 unspecified atom stereocenters. The van der Waals surface area contributed by atoms with E-state index < -0.39 is 5.92 Å². The van der Waals surface area contributed by atoms with Crippen molar-refractivity contribution in [2.45, 2.75) is 19.9 Å². The molecule has 0 aliphatic carbocycles. The van der Waals surface area contributed by atoms with E-state index in [2.05, 4.69) is 5.32 Å². The van der Waals surface area contributed by atoms with Crippen LogP contribution in [-0.2, 0) is 16.1 Å². The third kappa shape index (κ3) is 4.16. The second-order valence-electron chi connectivity index (χ2n) is 6.54. The molecule has 0 radical (unpaired) electrons. The van der Waals surface area contributed by atoms with Crippen molar-refractivity contribution in [1.82, 2.24) is 5.32 Å². The first-order chi connectivity index (χ1) is 13.0. The highest BCUT2D eigenvalue weighted by Gasteiger charge is 2.35. The van der Waals surface area contributed by atoms with E-state index in [1.807, 2.05) is 24.3 Å². The second kappa shape index (κ2) is 8.03. The van der Waals surface area contributed by atoms with Gasteiger partial charge in [0, 0.05) is 36.3 Å². The maximum absolute atomic E-state index is 12.5. The van der Waals surface area contributed by atoms with Gasteiger partial charge in [0.1, 0.15) is 5.75 Å². The zero-order chi connectivity index (χ0) is 19.4. The average Bonchev–Trinajstić information content (AvgIpc) is 3.08. The summed E-state index contributed by atoms with van der Waals surface area (Å²) in [5.41, 5.74) is 2.18. The van der Waals surface area contributed by atoms with Gasteiger partial charge in [0.2, 0.25) is 11.8 Å². The maximum atomic E-state index is 12.5. The topological polar surface area (TPSA) is 75.7 Å². The fraction of sp³-hybridized carbons (Fsp3) is 0.286. The number of hydrogen-bond acceptors (Lipinski definition) is 4. The Kier molecular flexibility index (Phi) is 5.54. The normalized spacial score (nSPS) is 16.3. The van der Waals surface area contributed by atoms with E-state index >= 15 is 0 Å². The van der Waals surface area contributed by atoms with Gasteiger partial charge < -0.3 is 15.0 Å². The minimum absolute atomic E-state index is 0.0251. The number of carbonyl (C=O) groups is 3. The van der Waals surface area contributed by atoms with E-state index in [1.54, 1.807) is 36.3 Å². The van der Waals surface area contributed by atoms with Crippen molar-refractivity contribution in [2.75, 3.05) is 18.6 Å². The van der Waals surface area contributed by atoms with E-state index in [0.29, 0.717) is 30.1 Å². The second-order valence-corrected chi connectivity index (χ2v) is 6.54. The molecule has 1 atom stereocenters. The maximum Gasteiger partial charge on any atom is 0.227 e. The first-order valence-corrected chi connectivity index (χ1v) is 8.80. The Morgan fingerprint density at radius 2 is 1.85 bits per heavy atom. The van der Waals surface area contributed by atoms with Crippen LogP contribution in [0.1, 0.15) is 29.3 Å². The molecule has 0 aromatic heterocycles. The molecule has 6 nitrogen and oxygen atoms in total. The molecule has 2 amide bonds. The van der Waals surface area contributed by atoms with Gasteiger partial charge in [-0.15, -0.1) is 0 Å². The summed E-state index contributed by atoms with van der Waals surface area (Å²) in [6, 6.07) is 14.4. The number of para-hydroxylation sites is 1. The van der Waals surface area contributed by atoms with Gasteiger partial charge in [-0.1, -0.05) is 18.2 Å². The SMILES string of the molecule is COc1ccccc1CNC(=O)C1CC(=O)N(c2ccc(C(C)=O)cc2)C1. The molecule has 1 N–H and O–H groups in total. The largest absolute Gasteiger partial charge is 0.496 e. The molecule has 2 aromatic rings. The van der Waals surface area contributed by atoms with Crippen LogP contribution in [-0.4, -0.2) is 31.3 Å². The first-order valence-electron chi connectivity index (χ1n) is 8.80. The van der Waals surface area contributed by atoms with Gasteiger partial charge in [0.15, 0.2) is 5.78 Å². The molecule has 27 heavy (non-hydrogen) atoms. The lowest BCUT2D eigenvalue weighted by Crippen LogP contribution is -2.32. The van der Waals surface area contributed by atoms with E-state index in [4.69, 9.17) is 4.74 Å². The number of ketones is 1. The summed E-state index contributed by atoms with van der Waals surface area (Å²) >= 11 is 0. The number of rotatable bonds is 6. The highest BCUT2D eigenvalue weighted by atomic mass is 16.5. The molecular formula is C21H22N2O4. The molecule has 2 aromatic carbocycles. The lowest BCUT2D eigenvalue weighted by Gasteiger charge is -2.17. The summed E-state index contributed by atoms with van der Waals surface area (Å²) in [6.45, 7) is 2.18. The molecule has 140 valence electrons. The average molecular weight is 366 g/mol. The molecule has 0 spiro atoms. The van der Waals surface area contributed by atoms with Gasteiger partial charge in [-0.05, 0) is 37.3 Å². The highest BCUT2D eigenvalue weighted by Crippen LogP contribution is 2.26. The van der Waals surface area contributed by atoms with E-state index in [0.717, 1.165) is 5.56 Å². The highest BCUT2D eigenvalue weighted by molar-refractivity contribution is 6.01. The molecule has 1 aliphatic rings. The Balaban J connectivity index is 1.62. The summed E-state index contributed by atoms with van der Waals surface area (Å²) in [6.07, 6.45) is 0.173. The van der Waals surface area contributed by atoms with Crippen LogP contribution >= 0.6 is 0 Å². The summed E-state index contributed by atoms with van der Waals surface area (Å²) in [5.74, 6) is 0.0372. The molecular weight excluding hydrogens is 344 g/mol. The van der Waals surface area contributed by atoms with Crippen molar-refractivity contribution in [3.8, 4) is 5.75 Å². The van der Waals surface area contributed by atoms with Crippen LogP contribution in [0.15, 0.2) is 48.5 Å². The number of anilines is 1. The predicted molar refractivity (Wildman–Crippen MR) is 102 cm³/mol. The van der Waals surface area contributed by atoms with Gasteiger partial charge in [0.05, 0.1) is 13.0 Å². The minimum Gasteiger partial charge on any atom is -0.496 e. The number of carbonyl (C=O) groups excluding carboxylic acids is 3.